The molecule has 1 aliphatic heterocycles. The van der Waals surface area contributed by atoms with Crippen molar-refractivity contribution in [3.05, 3.63) is 68.9 Å². The van der Waals surface area contributed by atoms with Gasteiger partial charge in [-0.2, -0.15) is 0 Å². The van der Waals surface area contributed by atoms with E-state index < -0.39 is 5.97 Å². The Bertz CT molecular complexity index is 1280. The molecule has 4 rings (SSSR count). The van der Waals surface area contributed by atoms with Gasteiger partial charge in [-0.25, -0.2) is 4.79 Å². The Morgan fingerprint density at radius 2 is 1.88 bits per heavy atom. The number of benzene rings is 2. The Morgan fingerprint density at radius 3 is 2.53 bits per heavy atom. The number of nitrogens with one attached hydrogen (secondary N) is 1. The lowest BCUT2D eigenvalue weighted by Gasteiger charge is -2.37. The van der Waals surface area contributed by atoms with Gasteiger partial charge in [0.2, 0.25) is 5.88 Å². The molecule has 0 spiro atoms. The lowest BCUT2D eigenvalue weighted by molar-refractivity contribution is 0.0698. The fourth-order valence-electron chi connectivity index (χ4n) is 4.81. The maximum absolute atomic E-state index is 13.6. The first-order valence-electron chi connectivity index (χ1n) is 12.1. The van der Waals surface area contributed by atoms with Gasteiger partial charge in [0.25, 0.3) is 0 Å². The molecule has 0 saturated carbocycles. The van der Waals surface area contributed by atoms with Crippen LogP contribution < -0.4 is 15.6 Å². The minimum atomic E-state index is -0.987. The third-order valence-electron chi connectivity index (χ3n) is 6.99. The third kappa shape index (κ3) is 4.54. The van der Waals surface area contributed by atoms with E-state index in [0.717, 1.165) is 42.6 Å². The molecule has 0 amide bonds. The van der Waals surface area contributed by atoms with Crippen molar-refractivity contribution >= 4 is 28.5 Å². The summed E-state index contributed by atoms with van der Waals surface area (Å²) in [5.41, 5.74) is 4.14. The fourth-order valence-corrected chi connectivity index (χ4v) is 4.81. The Balaban J connectivity index is 1.82. The maximum Gasteiger partial charge on any atom is 0.337 e. The zero-order chi connectivity index (χ0) is 24.6. The molecule has 0 bridgehead atoms. The van der Waals surface area contributed by atoms with Gasteiger partial charge in [0, 0.05) is 24.3 Å². The van der Waals surface area contributed by atoms with Crippen molar-refractivity contribution in [2.45, 2.75) is 59.9 Å². The van der Waals surface area contributed by atoms with Crippen molar-refractivity contribution in [1.29, 1.82) is 0 Å². The second kappa shape index (κ2) is 9.16. The van der Waals surface area contributed by atoms with Gasteiger partial charge in [-0.05, 0) is 62.3 Å². The van der Waals surface area contributed by atoms with Crippen LogP contribution in [-0.2, 0) is 6.42 Å². The van der Waals surface area contributed by atoms with Crippen molar-refractivity contribution < 1.29 is 14.3 Å². The molecular formula is C28H34N2O4. The van der Waals surface area contributed by atoms with Crippen LogP contribution in [0, 0.1) is 12.3 Å². The molecule has 1 aromatic heterocycles. The van der Waals surface area contributed by atoms with E-state index in [-0.39, 0.29) is 22.4 Å². The standard InChI is InChI=1S/C28H34N2O4/c1-6-19-24(31)22-16-17(2)15-21(18(3)29-23-10-8-7-9-20(23)27(32)33)25(22)34-26(19)30-13-11-28(4,5)12-14-30/h7-10,15-16,18,29H,6,11-14H2,1-5H3,(H,32,33). The Labute approximate surface area is 200 Å². The van der Waals surface area contributed by atoms with Gasteiger partial charge in [-0.1, -0.05) is 39.0 Å². The molecule has 180 valence electrons. The number of hydrogen-bond acceptors (Lipinski definition) is 5. The first-order chi connectivity index (χ1) is 16.1. The molecule has 0 aliphatic carbocycles. The normalized spacial score (nSPS) is 16.4. The topological polar surface area (TPSA) is 82.8 Å². The first-order valence-corrected chi connectivity index (χ1v) is 12.1. The van der Waals surface area contributed by atoms with Crippen molar-refractivity contribution in [3.8, 4) is 0 Å². The quantitative estimate of drug-likeness (QED) is 0.456. The highest BCUT2D eigenvalue weighted by molar-refractivity contribution is 5.94. The summed E-state index contributed by atoms with van der Waals surface area (Å²) in [4.78, 5) is 27.5. The van der Waals surface area contributed by atoms with Gasteiger partial charge >= 0.3 is 5.97 Å². The number of carboxylic acid groups (broad SMARTS) is 1. The van der Waals surface area contributed by atoms with Gasteiger partial charge in [0.1, 0.15) is 5.58 Å². The zero-order valence-electron chi connectivity index (χ0n) is 20.7. The summed E-state index contributed by atoms with van der Waals surface area (Å²) >= 11 is 0. The molecule has 1 aliphatic rings. The van der Waals surface area contributed by atoms with Gasteiger partial charge in [0.05, 0.1) is 22.6 Å². The number of anilines is 2. The SMILES string of the molecule is CCc1c(N2CCC(C)(C)CC2)oc2c(C(C)Nc3ccccc3C(=O)O)cc(C)cc2c1=O. The second-order valence-electron chi connectivity index (χ2n) is 10.2. The number of rotatable bonds is 6. The summed E-state index contributed by atoms with van der Waals surface area (Å²) in [6, 6.07) is 10.5. The molecule has 2 aromatic carbocycles. The molecule has 2 heterocycles. The van der Waals surface area contributed by atoms with Gasteiger partial charge in [-0.15, -0.1) is 0 Å². The van der Waals surface area contributed by atoms with Crippen LogP contribution in [0.5, 0.6) is 0 Å². The van der Waals surface area contributed by atoms with E-state index >= 15 is 0 Å². The Kier molecular flexibility index (Phi) is 6.43. The Hall–Kier alpha value is -3.28. The average molecular weight is 463 g/mol. The molecular weight excluding hydrogens is 428 g/mol. The number of nitrogens with zero attached hydrogens (tertiary/aromatic N) is 1. The van der Waals surface area contributed by atoms with E-state index in [1.165, 1.54) is 0 Å². The van der Waals surface area contributed by atoms with Crippen LogP contribution in [0.15, 0.2) is 45.6 Å². The number of aromatic carboxylic acids is 1. The second-order valence-corrected chi connectivity index (χ2v) is 10.2. The minimum Gasteiger partial charge on any atom is -0.478 e. The highest BCUT2D eigenvalue weighted by Gasteiger charge is 2.29. The van der Waals surface area contributed by atoms with E-state index in [1.807, 2.05) is 32.9 Å². The predicted molar refractivity (Wildman–Crippen MR) is 137 cm³/mol. The first kappa shape index (κ1) is 23.9. The number of piperidine rings is 1. The predicted octanol–water partition coefficient (Wildman–Crippen LogP) is 6.16. The van der Waals surface area contributed by atoms with Crippen LogP contribution in [0.2, 0.25) is 0 Å². The smallest absolute Gasteiger partial charge is 0.337 e. The lowest BCUT2D eigenvalue weighted by atomic mass is 9.82. The largest absolute Gasteiger partial charge is 0.478 e. The number of para-hydroxylation sites is 1. The number of aryl methyl sites for hydroxylation is 1. The number of hydrogen-bond donors (Lipinski definition) is 2. The molecule has 34 heavy (non-hydrogen) atoms. The van der Waals surface area contributed by atoms with E-state index in [1.54, 1.807) is 24.3 Å². The van der Waals surface area contributed by atoms with Crippen molar-refractivity contribution in [3.63, 3.8) is 0 Å². The molecule has 3 aromatic rings. The molecule has 2 N–H and O–H groups in total. The van der Waals surface area contributed by atoms with Crippen molar-refractivity contribution in [2.24, 2.45) is 5.41 Å². The summed E-state index contributed by atoms with van der Waals surface area (Å²) in [6.07, 6.45) is 2.70. The highest BCUT2D eigenvalue weighted by Crippen LogP contribution is 2.36. The van der Waals surface area contributed by atoms with E-state index in [9.17, 15) is 14.7 Å². The molecule has 1 unspecified atom stereocenters. The molecule has 1 fully saturated rings. The maximum atomic E-state index is 13.6. The van der Waals surface area contributed by atoms with Crippen LogP contribution in [0.3, 0.4) is 0 Å². The van der Waals surface area contributed by atoms with Crippen molar-refractivity contribution in [1.82, 2.24) is 0 Å². The number of fused-ring (bicyclic) bond motifs is 1. The molecule has 0 radical (unpaired) electrons. The van der Waals surface area contributed by atoms with Gasteiger partial charge in [0.15, 0.2) is 5.43 Å². The minimum absolute atomic E-state index is 0.0201. The summed E-state index contributed by atoms with van der Waals surface area (Å²) in [5, 5.41) is 13.5. The highest BCUT2D eigenvalue weighted by atomic mass is 16.4. The van der Waals surface area contributed by atoms with Crippen LogP contribution in [-0.4, -0.2) is 24.2 Å². The third-order valence-corrected chi connectivity index (χ3v) is 6.99. The Morgan fingerprint density at radius 1 is 1.21 bits per heavy atom. The zero-order valence-corrected chi connectivity index (χ0v) is 20.7. The van der Waals surface area contributed by atoms with Crippen LogP contribution in [0.4, 0.5) is 11.6 Å². The summed E-state index contributed by atoms with van der Waals surface area (Å²) < 4.78 is 6.56. The molecule has 6 nitrogen and oxygen atoms in total. The van der Waals surface area contributed by atoms with Gasteiger partial charge in [-0.3, -0.25) is 4.79 Å². The molecule has 1 atom stereocenters. The van der Waals surface area contributed by atoms with Crippen LogP contribution in [0.25, 0.3) is 11.0 Å². The van der Waals surface area contributed by atoms with Crippen LogP contribution in [0.1, 0.15) is 73.6 Å². The van der Waals surface area contributed by atoms with Crippen molar-refractivity contribution in [2.75, 3.05) is 23.3 Å². The summed E-state index contributed by atoms with van der Waals surface area (Å²) in [5.74, 6) is -0.308. The van der Waals surface area contributed by atoms with Gasteiger partial charge < -0.3 is 19.7 Å². The van der Waals surface area contributed by atoms with E-state index in [0.29, 0.717) is 29.0 Å². The summed E-state index contributed by atoms with van der Waals surface area (Å²) in [7, 11) is 0. The number of carbonyl (C=O) groups is 1. The summed E-state index contributed by atoms with van der Waals surface area (Å²) in [6.45, 7) is 12.2. The molecule has 6 heteroatoms. The van der Waals surface area contributed by atoms with E-state index in [2.05, 4.69) is 24.1 Å². The van der Waals surface area contributed by atoms with E-state index in [4.69, 9.17) is 4.42 Å². The average Bonchev–Trinajstić information content (AvgIpc) is 2.79. The van der Waals surface area contributed by atoms with Crippen LogP contribution >= 0.6 is 0 Å². The fraction of sp³-hybridized carbons (Fsp3) is 0.429. The number of carboxylic acids is 1. The molecule has 1 saturated heterocycles. The monoisotopic (exact) mass is 462 g/mol. The lowest BCUT2D eigenvalue weighted by Crippen LogP contribution is -2.38.